The van der Waals surface area contributed by atoms with Crippen LogP contribution in [0.5, 0.6) is 0 Å². The van der Waals surface area contributed by atoms with E-state index >= 15 is 0 Å². The molecule has 0 fully saturated rings. The van der Waals surface area contributed by atoms with Gasteiger partial charge >= 0.3 is 5.97 Å². The Balaban J connectivity index is 2.00. The summed E-state index contributed by atoms with van der Waals surface area (Å²) >= 11 is 0. The van der Waals surface area contributed by atoms with Crippen LogP contribution < -0.4 is 0 Å². The van der Waals surface area contributed by atoms with Crippen molar-refractivity contribution in [3.05, 3.63) is 71.3 Å². The van der Waals surface area contributed by atoms with E-state index in [1.807, 2.05) is 6.07 Å². The molecular formula is C19H18O4. The zero-order chi connectivity index (χ0) is 16.7. The molecule has 0 amide bonds. The van der Waals surface area contributed by atoms with Gasteiger partial charge in [-0.2, -0.15) is 0 Å². The predicted octanol–water partition coefficient (Wildman–Crippen LogP) is 3.44. The van der Waals surface area contributed by atoms with Crippen LogP contribution in [0.4, 0.5) is 0 Å². The van der Waals surface area contributed by atoms with Crippen molar-refractivity contribution in [2.75, 3.05) is 6.61 Å². The maximum Gasteiger partial charge on any atom is 0.306 e. The minimum absolute atomic E-state index is 0.0668. The van der Waals surface area contributed by atoms with Gasteiger partial charge in [0.15, 0.2) is 11.6 Å². The van der Waals surface area contributed by atoms with Gasteiger partial charge in [-0.3, -0.25) is 14.4 Å². The highest BCUT2D eigenvalue weighted by Gasteiger charge is 2.12. The van der Waals surface area contributed by atoms with E-state index in [4.69, 9.17) is 4.74 Å². The Hall–Kier alpha value is -2.75. The van der Waals surface area contributed by atoms with Crippen molar-refractivity contribution in [3.8, 4) is 0 Å². The van der Waals surface area contributed by atoms with Crippen molar-refractivity contribution < 1.29 is 19.1 Å². The summed E-state index contributed by atoms with van der Waals surface area (Å²) in [6, 6.07) is 15.5. The predicted molar refractivity (Wildman–Crippen MR) is 86.5 cm³/mol. The van der Waals surface area contributed by atoms with Crippen LogP contribution in [0.15, 0.2) is 54.6 Å². The average Bonchev–Trinajstić information content (AvgIpc) is 2.60. The number of hydrogen-bond donors (Lipinski definition) is 0. The van der Waals surface area contributed by atoms with Crippen molar-refractivity contribution in [1.29, 1.82) is 0 Å². The van der Waals surface area contributed by atoms with Gasteiger partial charge in [-0.15, -0.1) is 0 Å². The highest BCUT2D eigenvalue weighted by molar-refractivity contribution is 6.09. The van der Waals surface area contributed by atoms with Gasteiger partial charge in [-0.25, -0.2) is 0 Å². The van der Waals surface area contributed by atoms with Gasteiger partial charge in [0, 0.05) is 23.1 Å². The van der Waals surface area contributed by atoms with Crippen LogP contribution in [0.3, 0.4) is 0 Å². The molecule has 118 valence electrons. The van der Waals surface area contributed by atoms with Crippen LogP contribution in [0, 0.1) is 0 Å². The largest absolute Gasteiger partial charge is 0.466 e. The van der Waals surface area contributed by atoms with E-state index in [9.17, 15) is 14.4 Å². The molecule has 0 heterocycles. The zero-order valence-electron chi connectivity index (χ0n) is 13.0. The lowest BCUT2D eigenvalue weighted by Crippen LogP contribution is -2.08. The van der Waals surface area contributed by atoms with Crippen molar-refractivity contribution in [3.63, 3.8) is 0 Å². The second-order valence-corrected chi connectivity index (χ2v) is 5.00. The number of carbonyl (C=O) groups is 3. The van der Waals surface area contributed by atoms with Crippen LogP contribution >= 0.6 is 0 Å². The topological polar surface area (TPSA) is 60.4 Å². The normalized spacial score (nSPS) is 10.1. The summed E-state index contributed by atoms with van der Waals surface area (Å²) in [6.45, 7) is 2.03. The van der Waals surface area contributed by atoms with Gasteiger partial charge in [0.05, 0.1) is 13.0 Å². The van der Waals surface area contributed by atoms with E-state index in [0.29, 0.717) is 23.3 Å². The third kappa shape index (κ3) is 4.61. The third-order valence-corrected chi connectivity index (χ3v) is 3.37. The van der Waals surface area contributed by atoms with Crippen LogP contribution in [-0.4, -0.2) is 24.1 Å². The van der Waals surface area contributed by atoms with Crippen molar-refractivity contribution in [1.82, 2.24) is 0 Å². The lowest BCUT2D eigenvalue weighted by Gasteiger charge is -2.04. The van der Waals surface area contributed by atoms with E-state index in [0.717, 1.165) is 0 Å². The number of ketones is 2. The van der Waals surface area contributed by atoms with Gasteiger partial charge in [-0.05, 0) is 6.92 Å². The quantitative estimate of drug-likeness (QED) is 0.580. The Kier molecular flexibility index (Phi) is 5.80. The number of ether oxygens (including phenoxy) is 1. The molecule has 2 rings (SSSR count). The SMILES string of the molecule is CCOC(=O)CCC(=O)c1ccc(C(=O)c2ccccc2)cc1. The first kappa shape index (κ1) is 16.6. The maximum absolute atomic E-state index is 12.3. The molecule has 0 saturated heterocycles. The number of carbonyl (C=O) groups excluding carboxylic acids is 3. The molecule has 0 aromatic heterocycles. The third-order valence-electron chi connectivity index (χ3n) is 3.37. The molecule has 0 aliphatic heterocycles. The lowest BCUT2D eigenvalue weighted by molar-refractivity contribution is -0.143. The summed E-state index contributed by atoms with van der Waals surface area (Å²) in [4.78, 5) is 35.5. The molecule has 0 bridgehead atoms. The lowest BCUT2D eigenvalue weighted by atomic mass is 10.00. The Bertz CT molecular complexity index is 687. The summed E-state index contributed by atoms with van der Waals surface area (Å²) in [5, 5.41) is 0. The molecule has 0 unspecified atom stereocenters. The highest BCUT2D eigenvalue weighted by atomic mass is 16.5. The van der Waals surface area contributed by atoms with E-state index in [2.05, 4.69) is 0 Å². The molecule has 0 N–H and O–H groups in total. The molecule has 4 heteroatoms. The monoisotopic (exact) mass is 310 g/mol. The van der Waals surface area contributed by atoms with Crippen molar-refractivity contribution in [2.24, 2.45) is 0 Å². The smallest absolute Gasteiger partial charge is 0.306 e. The molecule has 0 atom stereocenters. The first-order valence-corrected chi connectivity index (χ1v) is 7.50. The van der Waals surface area contributed by atoms with Gasteiger partial charge in [0.2, 0.25) is 0 Å². The second kappa shape index (κ2) is 8.03. The van der Waals surface area contributed by atoms with Gasteiger partial charge in [-0.1, -0.05) is 54.6 Å². The van der Waals surface area contributed by atoms with E-state index < -0.39 is 0 Å². The van der Waals surface area contributed by atoms with Crippen LogP contribution in [0.25, 0.3) is 0 Å². The summed E-state index contributed by atoms with van der Waals surface area (Å²) < 4.78 is 4.79. The molecule has 0 spiro atoms. The molecular weight excluding hydrogens is 292 g/mol. The maximum atomic E-state index is 12.3. The van der Waals surface area contributed by atoms with Crippen molar-refractivity contribution in [2.45, 2.75) is 19.8 Å². The standard InChI is InChI=1S/C19H18O4/c1-2-23-18(21)13-12-17(20)14-8-10-16(11-9-14)19(22)15-6-4-3-5-7-15/h3-11H,2,12-13H2,1H3. The van der Waals surface area contributed by atoms with E-state index in [-0.39, 0.29) is 30.4 Å². The Morgan fingerprint density at radius 3 is 1.96 bits per heavy atom. The fourth-order valence-corrected chi connectivity index (χ4v) is 2.16. The summed E-state index contributed by atoms with van der Waals surface area (Å²) in [5.74, 6) is -0.607. The number of esters is 1. The van der Waals surface area contributed by atoms with Crippen LogP contribution in [-0.2, 0) is 9.53 Å². The first-order chi connectivity index (χ1) is 11.1. The first-order valence-electron chi connectivity index (χ1n) is 7.50. The summed E-state index contributed by atoms with van der Waals surface area (Å²) in [6.07, 6.45) is 0.169. The Morgan fingerprint density at radius 2 is 1.35 bits per heavy atom. The minimum atomic E-state index is -0.378. The number of hydrogen-bond acceptors (Lipinski definition) is 4. The Labute approximate surface area is 135 Å². The molecule has 0 aliphatic carbocycles. The van der Waals surface area contributed by atoms with Gasteiger partial charge < -0.3 is 4.74 Å². The van der Waals surface area contributed by atoms with Crippen LogP contribution in [0.1, 0.15) is 46.0 Å². The number of rotatable bonds is 7. The molecule has 0 saturated carbocycles. The average molecular weight is 310 g/mol. The fraction of sp³-hybridized carbons (Fsp3) is 0.211. The van der Waals surface area contributed by atoms with E-state index in [1.165, 1.54) is 0 Å². The molecule has 2 aromatic rings. The Morgan fingerprint density at radius 1 is 0.783 bits per heavy atom. The molecule has 23 heavy (non-hydrogen) atoms. The highest BCUT2D eigenvalue weighted by Crippen LogP contribution is 2.13. The number of Topliss-reactive ketones (excluding diaryl/α,β-unsaturated/α-hetero) is 1. The molecule has 0 aliphatic rings. The van der Waals surface area contributed by atoms with Crippen molar-refractivity contribution >= 4 is 17.5 Å². The summed E-state index contributed by atoms with van der Waals surface area (Å²) in [7, 11) is 0. The summed E-state index contributed by atoms with van der Waals surface area (Å²) in [5.41, 5.74) is 1.62. The van der Waals surface area contributed by atoms with Crippen LogP contribution in [0.2, 0.25) is 0 Å². The van der Waals surface area contributed by atoms with Gasteiger partial charge in [0.25, 0.3) is 0 Å². The zero-order valence-corrected chi connectivity index (χ0v) is 13.0. The van der Waals surface area contributed by atoms with Gasteiger partial charge in [0.1, 0.15) is 0 Å². The molecule has 2 aromatic carbocycles. The fourth-order valence-electron chi connectivity index (χ4n) is 2.16. The van der Waals surface area contributed by atoms with E-state index in [1.54, 1.807) is 55.5 Å². The molecule has 4 nitrogen and oxygen atoms in total. The minimum Gasteiger partial charge on any atom is -0.466 e. The second-order valence-electron chi connectivity index (χ2n) is 5.00. The number of benzene rings is 2. The molecule has 0 radical (unpaired) electrons.